The van der Waals surface area contributed by atoms with Crippen LogP contribution in [0, 0.1) is 6.92 Å². The third-order valence-electron chi connectivity index (χ3n) is 2.41. The molecule has 0 amide bonds. The summed E-state index contributed by atoms with van der Waals surface area (Å²) in [6.07, 6.45) is 0. The van der Waals surface area contributed by atoms with Crippen molar-refractivity contribution in [3.05, 3.63) is 45.9 Å². The van der Waals surface area contributed by atoms with Crippen molar-refractivity contribution in [3.63, 3.8) is 0 Å². The lowest BCUT2D eigenvalue weighted by molar-refractivity contribution is 0.0696. The molecule has 0 saturated carbocycles. The molecule has 1 heterocycles. The van der Waals surface area contributed by atoms with E-state index >= 15 is 0 Å². The third kappa shape index (κ3) is 2.82. The number of carboxylic acid groups (broad SMARTS) is 1. The van der Waals surface area contributed by atoms with Crippen LogP contribution in [0.1, 0.15) is 21.6 Å². The maximum absolute atomic E-state index is 10.8. The van der Waals surface area contributed by atoms with E-state index in [0.717, 1.165) is 16.9 Å². The zero-order chi connectivity index (χ0) is 12.3. The molecule has 0 radical (unpaired) electrons. The van der Waals surface area contributed by atoms with Gasteiger partial charge >= 0.3 is 5.97 Å². The fourth-order valence-corrected chi connectivity index (χ4v) is 2.09. The van der Waals surface area contributed by atoms with Gasteiger partial charge in [-0.3, -0.25) is 0 Å². The number of anilines is 1. The molecule has 0 fully saturated rings. The highest BCUT2D eigenvalue weighted by molar-refractivity contribution is 7.07. The number of carboxylic acids is 1. The van der Waals surface area contributed by atoms with E-state index < -0.39 is 5.97 Å². The van der Waals surface area contributed by atoms with Crippen LogP contribution in [0.4, 0.5) is 5.69 Å². The number of nitrogens with one attached hydrogen (secondary N) is 1. The Morgan fingerprint density at radius 3 is 2.94 bits per heavy atom. The van der Waals surface area contributed by atoms with E-state index in [2.05, 4.69) is 10.3 Å². The summed E-state index contributed by atoms with van der Waals surface area (Å²) in [6, 6.07) is 5.21. The molecule has 88 valence electrons. The highest BCUT2D eigenvalue weighted by Crippen LogP contribution is 2.16. The molecule has 2 N–H and O–H groups in total. The summed E-state index contributed by atoms with van der Waals surface area (Å²) in [7, 11) is 0. The molecule has 0 spiro atoms. The molecule has 4 nitrogen and oxygen atoms in total. The number of aryl methyl sites for hydroxylation is 1. The van der Waals surface area contributed by atoms with Crippen LogP contribution in [0.5, 0.6) is 0 Å². The molecule has 5 heteroatoms. The second-order valence-corrected chi connectivity index (χ2v) is 4.39. The van der Waals surface area contributed by atoms with Crippen LogP contribution in [-0.4, -0.2) is 16.1 Å². The van der Waals surface area contributed by atoms with Gasteiger partial charge in [0.15, 0.2) is 0 Å². The molecule has 0 unspecified atom stereocenters. The van der Waals surface area contributed by atoms with E-state index in [1.165, 1.54) is 0 Å². The summed E-state index contributed by atoms with van der Waals surface area (Å²) in [6.45, 7) is 2.44. The molecule has 1 aromatic carbocycles. The summed E-state index contributed by atoms with van der Waals surface area (Å²) in [4.78, 5) is 15.0. The van der Waals surface area contributed by atoms with E-state index in [-0.39, 0.29) is 0 Å². The van der Waals surface area contributed by atoms with E-state index in [9.17, 15) is 4.79 Å². The predicted molar refractivity (Wildman–Crippen MR) is 67.6 cm³/mol. The average Bonchev–Trinajstić information content (AvgIpc) is 2.78. The van der Waals surface area contributed by atoms with Gasteiger partial charge in [0.2, 0.25) is 0 Å². The van der Waals surface area contributed by atoms with Gasteiger partial charge in [-0.2, -0.15) is 0 Å². The number of hydrogen-bond acceptors (Lipinski definition) is 4. The van der Waals surface area contributed by atoms with Crippen molar-refractivity contribution in [1.29, 1.82) is 0 Å². The monoisotopic (exact) mass is 248 g/mol. The van der Waals surface area contributed by atoms with Gasteiger partial charge in [-0.1, -0.05) is 0 Å². The summed E-state index contributed by atoms with van der Waals surface area (Å²) in [5, 5.41) is 14.1. The lowest BCUT2D eigenvalue weighted by atomic mass is 10.1. The summed E-state index contributed by atoms with van der Waals surface area (Å²) >= 11 is 1.56. The van der Waals surface area contributed by atoms with E-state index in [0.29, 0.717) is 12.1 Å². The van der Waals surface area contributed by atoms with Crippen LogP contribution in [0.25, 0.3) is 0 Å². The fourth-order valence-electron chi connectivity index (χ4n) is 1.53. The van der Waals surface area contributed by atoms with Gasteiger partial charge < -0.3 is 10.4 Å². The first-order chi connectivity index (χ1) is 8.16. The highest BCUT2D eigenvalue weighted by atomic mass is 32.1. The van der Waals surface area contributed by atoms with Gasteiger partial charge in [0, 0.05) is 11.1 Å². The summed E-state index contributed by atoms with van der Waals surface area (Å²) in [5.74, 6) is -0.895. The third-order valence-corrected chi connectivity index (χ3v) is 3.05. The van der Waals surface area contributed by atoms with Gasteiger partial charge in [-0.15, -0.1) is 11.3 Å². The summed E-state index contributed by atoms with van der Waals surface area (Å²) < 4.78 is 0. The zero-order valence-electron chi connectivity index (χ0n) is 9.30. The van der Waals surface area contributed by atoms with E-state index in [1.54, 1.807) is 35.9 Å². The Kier molecular flexibility index (Phi) is 3.39. The summed E-state index contributed by atoms with van der Waals surface area (Å²) in [5.41, 5.74) is 4.76. The topological polar surface area (TPSA) is 62.2 Å². The van der Waals surface area contributed by atoms with Crippen LogP contribution >= 0.6 is 11.3 Å². The van der Waals surface area contributed by atoms with Crippen LogP contribution < -0.4 is 5.32 Å². The Balaban J connectivity index is 2.07. The number of hydrogen-bond donors (Lipinski definition) is 2. The number of nitrogens with zero attached hydrogens (tertiary/aromatic N) is 1. The van der Waals surface area contributed by atoms with Crippen molar-refractivity contribution in [2.24, 2.45) is 0 Å². The smallest absolute Gasteiger partial charge is 0.335 e. The molecule has 0 aliphatic heterocycles. The minimum Gasteiger partial charge on any atom is -0.478 e. The Morgan fingerprint density at radius 1 is 1.53 bits per heavy atom. The Labute approximate surface area is 103 Å². The quantitative estimate of drug-likeness (QED) is 0.873. The first-order valence-corrected chi connectivity index (χ1v) is 6.06. The molecule has 1 aromatic heterocycles. The maximum atomic E-state index is 10.8. The second-order valence-electron chi connectivity index (χ2n) is 3.67. The van der Waals surface area contributed by atoms with Crippen molar-refractivity contribution >= 4 is 23.0 Å². The van der Waals surface area contributed by atoms with Gasteiger partial charge in [0.1, 0.15) is 0 Å². The minimum absolute atomic E-state index is 0.337. The molecule has 0 bridgehead atoms. The first kappa shape index (κ1) is 11.6. The van der Waals surface area contributed by atoms with Crippen molar-refractivity contribution in [2.45, 2.75) is 13.5 Å². The maximum Gasteiger partial charge on any atom is 0.335 e. The largest absolute Gasteiger partial charge is 0.478 e. The van der Waals surface area contributed by atoms with Crippen molar-refractivity contribution in [2.75, 3.05) is 5.32 Å². The SMILES string of the molecule is Cc1cc(NCc2cscn2)ccc1C(=O)O. The number of aromatic carboxylic acids is 1. The molecule has 2 aromatic rings. The van der Waals surface area contributed by atoms with Gasteiger partial charge in [-0.25, -0.2) is 9.78 Å². The predicted octanol–water partition coefficient (Wildman–Crippen LogP) is 2.76. The lowest BCUT2D eigenvalue weighted by Crippen LogP contribution is -2.03. The van der Waals surface area contributed by atoms with Crippen LogP contribution in [0.3, 0.4) is 0 Å². The lowest BCUT2D eigenvalue weighted by Gasteiger charge is -2.07. The van der Waals surface area contributed by atoms with Crippen LogP contribution in [0.15, 0.2) is 29.1 Å². The molecule has 0 saturated heterocycles. The average molecular weight is 248 g/mol. The zero-order valence-corrected chi connectivity index (χ0v) is 10.1. The standard InChI is InChI=1S/C12H12N2O2S/c1-8-4-9(2-3-11(8)12(15)16)13-5-10-6-17-7-14-10/h2-4,6-7,13H,5H2,1H3,(H,15,16). The van der Waals surface area contributed by atoms with Crippen molar-refractivity contribution in [1.82, 2.24) is 4.98 Å². The van der Waals surface area contributed by atoms with Gasteiger partial charge in [0.25, 0.3) is 0 Å². The van der Waals surface area contributed by atoms with Gasteiger partial charge in [-0.05, 0) is 30.7 Å². The van der Waals surface area contributed by atoms with Crippen LogP contribution in [0.2, 0.25) is 0 Å². The Morgan fingerprint density at radius 2 is 2.35 bits per heavy atom. The molecule has 2 rings (SSSR count). The minimum atomic E-state index is -0.895. The number of rotatable bonds is 4. The highest BCUT2D eigenvalue weighted by Gasteiger charge is 2.06. The second kappa shape index (κ2) is 4.97. The first-order valence-electron chi connectivity index (χ1n) is 5.11. The molecule has 17 heavy (non-hydrogen) atoms. The number of benzene rings is 1. The van der Waals surface area contributed by atoms with Gasteiger partial charge in [0.05, 0.1) is 23.3 Å². The van der Waals surface area contributed by atoms with E-state index in [1.807, 2.05) is 11.4 Å². The number of thiazole rings is 1. The Bertz CT molecular complexity index is 523. The molecule has 0 aliphatic rings. The normalized spacial score (nSPS) is 10.2. The van der Waals surface area contributed by atoms with Crippen molar-refractivity contribution < 1.29 is 9.90 Å². The Hall–Kier alpha value is -1.88. The number of carbonyl (C=O) groups is 1. The molecule has 0 atom stereocenters. The molecular formula is C12H12N2O2S. The number of aromatic nitrogens is 1. The molecule has 0 aliphatic carbocycles. The molecular weight excluding hydrogens is 236 g/mol. The van der Waals surface area contributed by atoms with E-state index in [4.69, 9.17) is 5.11 Å². The van der Waals surface area contributed by atoms with Crippen LogP contribution in [-0.2, 0) is 6.54 Å². The fraction of sp³-hybridized carbons (Fsp3) is 0.167. The van der Waals surface area contributed by atoms with Crippen molar-refractivity contribution in [3.8, 4) is 0 Å².